The first kappa shape index (κ1) is 15.5. The standard InChI is InChI=1S/C14H20N2O5/c1-3-4-14(13(18)19)5-6-16(9-14)12(17)11-7-10(8-20-2)21-15-11/h7H,3-6,8-9H2,1-2H3,(H,18,19). The van der Waals surface area contributed by atoms with Crippen molar-refractivity contribution in [3.8, 4) is 0 Å². The average Bonchev–Trinajstić information content (AvgIpc) is 3.07. The number of hydrogen-bond donors (Lipinski definition) is 1. The SMILES string of the molecule is CCCC1(C(=O)O)CCN(C(=O)c2cc(COC)on2)C1. The summed E-state index contributed by atoms with van der Waals surface area (Å²) in [7, 11) is 1.52. The molecule has 0 aromatic carbocycles. The molecule has 0 bridgehead atoms. The first-order valence-corrected chi connectivity index (χ1v) is 6.99. The van der Waals surface area contributed by atoms with Crippen LogP contribution in [0.2, 0.25) is 0 Å². The minimum Gasteiger partial charge on any atom is -0.481 e. The molecule has 1 aliphatic heterocycles. The molecular formula is C14H20N2O5. The molecule has 7 heteroatoms. The van der Waals surface area contributed by atoms with Gasteiger partial charge in [-0.3, -0.25) is 9.59 Å². The van der Waals surface area contributed by atoms with Gasteiger partial charge in [0, 0.05) is 26.3 Å². The second kappa shape index (κ2) is 6.26. The van der Waals surface area contributed by atoms with Gasteiger partial charge in [0.05, 0.1) is 5.41 Å². The Morgan fingerprint density at radius 1 is 1.57 bits per heavy atom. The van der Waals surface area contributed by atoms with Gasteiger partial charge >= 0.3 is 5.97 Å². The third-order valence-corrected chi connectivity index (χ3v) is 3.89. The molecule has 1 unspecified atom stereocenters. The molecule has 1 aromatic rings. The van der Waals surface area contributed by atoms with E-state index in [0.29, 0.717) is 25.1 Å². The molecule has 2 heterocycles. The normalized spacial score (nSPS) is 21.7. The van der Waals surface area contributed by atoms with E-state index in [1.54, 1.807) is 0 Å². The topological polar surface area (TPSA) is 92.9 Å². The lowest BCUT2D eigenvalue weighted by molar-refractivity contribution is -0.148. The van der Waals surface area contributed by atoms with Gasteiger partial charge in [0.1, 0.15) is 6.61 Å². The van der Waals surface area contributed by atoms with Crippen LogP contribution in [0.15, 0.2) is 10.6 Å². The Morgan fingerprint density at radius 2 is 2.33 bits per heavy atom. The van der Waals surface area contributed by atoms with Crippen LogP contribution in [-0.4, -0.2) is 47.2 Å². The number of nitrogens with zero attached hydrogens (tertiary/aromatic N) is 2. The number of methoxy groups -OCH3 is 1. The minimum absolute atomic E-state index is 0.194. The van der Waals surface area contributed by atoms with Crippen molar-refractivity contribution in [2.45, 2.75) is 32.8 Å². The highest BCUT2D eigenvalue weighted by Gasteiger charge is 2.45. The van der Waals surface area contributed by atoms with Crippen molar-refractivity contribution >= 4 is 11.9 Å². The van der Waals surface area contributed by atoms with E-state index in [-0.39, 0.29) is 24.8 Å². The summed E-state index contributed by atoms with van der Waals surface area (Å²) in [4.78, 5) is 25.4. The molecule has 0 radical (unpaired) electrons. The summed E-state index contributed by atoms with van der Waals surface area (Å²) >= 11 is 0. The average molecular weight is 296 g/mol. The van der Waals surface area contributed by atoms with E-state index in [1.165, 1.54) is 18.1 Å². The Labute approximate surface area is 122 Å². The molecule has 1 saturated heterocycles. The molecular weight excluding hydrogens is 276 g/mol. The lowest BCUT2D eigenvalue weighted by Gasteiger charge is -2.23. The Hall–Kier alpha value is -1.89. The van der Waals surface area contributed by atoms with Crippen molar-refractivity contribution in [3.63, 3.8) is 0 Å². The number of rotatable bonds is 6. The molecule has 1 fully saturated rings. The van der Waals surface area contributed by atoms with Crippen molar-refractivity contribution in [1.82, 2.24) is 10.1 Å². The maximum absolute atomic E-state index is 12.3. The maximum atomic E-state index is 12.3. The van der Waals surface area contributed by atoms with Crippen molar-refractivity contribution in [2.75, 3.05) is 20.2 Å². The van der Waals surface area contributed by atoms with Gasteiger partial charge in [0.15, 0.2) is 11.5 Å². The molecule has 2 rings (SSSR count). The van der Waals surface area contributed by atoms with Crippen LogP contribution in [0.5, 0.6) is 0 Å². The molecule has 0 aliphatic carbocycles. The monoisotopic (exact) mass is 296 g/mol. The highest BCUT2D eigenvalue weighted by molar-refractivity contribution is 5.93. The number of carbonyl (C=O) groups excluding carboxylic acids is 1. The van der Waals surface area contributed by atoms with E-state index in [1.807, 2.05) is 6.92 Å². The summed E-state index contributed by atoms with van der Waals surface area (Å²) in [5, 5.41) is 13.2. The zero-order valence-electron chi connectivity index (χ0n) is 12.3. The first-order valence-electron chi connectivity index (χ1n) is 6.99. The molecule has 1 aliphatic rings. The zero-order valence-corrected chi connectivity index (χ0v) is 12.3. The summed E-state index contributed by atoms with van der Waals surface area (Å²) < 4.78 is 9.90. The van der Waals surface area contributed by atoms with Gasteiger partial charge in [-0.05, 0) is 12.8 Å². The van der Waals surface area contributed by atoms with Gasteiger partial charge in [-0.15, -0.1) is 0 Å². The van der Waals surface area contributed by atoms with Crippen LogP contribution in [-0.2, 0) is 16.1 Å². The van der Waals surface area contributed by atoms with E-state index in [9.17, 15) is 14.7 Å². The zero-order chi connectivity index (χ0) is 15.5. The van der Waals surface area contributed by atoms with Crippen LogP contribution < -0.4 is 0 Å². The molecule has 7 nitrogen and oxygen atoms in total. The number of amides is 1. The lowest BCUT2D eigenvalue weighted by atomic mass is 9.83. The Bertz CT molecular complexity index is 527. The van der Waals surface area contributed by atoms with Crippen LogP contribution in [0.25, 0.3) is 0 Å². The van der Waals surface area contributed by atoms with Crippen molar-refractivity contribution in [3.05, 3.63) is 17.5 Å². The summed E-state index contributed by atoms with van der Waals surface area (Å²) in [6, 6.07) is 1.53. The third kappa shape index (κ3) is 3.07. The number of aromatic nitrogens is 1. The van der Waals surface area contributed by atoms with E-state index in [2.05, 4.69) is 5.16 Å². The molecule has 1 atom stereocenters. The molecule has 1 N–H and O–H groups in total. The van der Waals surface area contributed by atoms with Gasteiger partial charge in [-0.25, -0.2) is 0 Å². The fourth-order valence-corrected chi connectivity index (χ4v) is 2.80. The molecule has 1 amide bonds. The Balaban J connectivity index is 2.08. The predicted molar refractivity (Wildman–Crippen MR) is 72.7 cm³/mol. The van der Waals surface area contributed by atoms with Gasteiger partial charge in [-0.1, -0.05) is 18.5 Å². The van der Waals surface area contributed by atoms with Crippen molar-refractivity contribution < 1.29 is 24.0 Å². The van der Waals surface area contributed by atoms with Crippen molar-refractivity contribution in [2.24, 2.45) is 5.41 Å². The van der Waals surface area contributed by atoms with Crippen molar-refractivity contribution in [1.29, 1.82) is 0 Å². The number of carboxylic acid groups (broad SMARTS) is 1. The van der Waals surface area contributed by atoms with Crippen LogP contribution in [0.1, 0.15) is 42.4 Å². The number of likely N-dealkylation sites (tertiary alicyclic amines) is 1. The summed E-state index contributed by atoms with van der Waals surface area (Å²) in [6.45, 7) is 2.85. The van der Waals surface area contributed by atoms with Gasteiger partial charge in [-0.2, -0.15) is 0 Å². The fourth-order valence-electron chi connectivity index (χ4n) is 2.80. The predicted octanol–water partition coefficient (Wildman–Crippen LogP) is 1.54. The summed E-state index contributed by atoms with van der Waals surface area (Å²) in [5.41, 5.74) is -0.636. The van der Waals surface area contributed by atoms with E-state index in [4.69, 9.17) is 9.26 Å². The van der Waals surface area contributed by atoms with E-state index in [0.717, 1.165) is 6.42 Å². The lowest BCUT2D eigenvalue weighted by Crippen LogP contribution is -2.37. The number of carboxylic acids is 1. The third-order valence-electron chi connectivity index (χ3n) is 3.89. The minimum atomic E-state index is -0.833. The van der Waals surface area contributed by atoms with Crippen LogP contribution in [0.3, 0.4) is 0 Å². The highest BCUT2D eigenvalue weighted by atomic mass is 16.5. The molecule has 21 heavy (non-hydrogen) atoms. The quantitative estimate of drug-likeness (QED) is 0.856. The number of hydrogen-bond acceptors (Lipinski definition) is 5. The second-order valence-electron chi connectivity index (χ2n) is 5.42. The Morgan fingerprint density at radius 3 is 2.95 bits per heavy atom. The molecule has 0 spiro atoms. The van der Waals surface area contributed by atoms with Gasteiger partial charge in [0.2, 0.25) is 0 Å². The number of ether oxygens (including phenoxy) is 1. The summed E-state index contributed by atoms with van der Waals surface area (Å²) in [5.74, 6) is -0.654. The van der Waals surface area contributed by atoms with Crippen LogP contribution in [0, 0.1) is 5.41 Å². The van der Waals surface area contributed by atoms with Gasteiger partial charge < -0.3 is 19.3 Å². The van der Waals surface area contributed by atoms with Crippen LogP contribution in [0.4, 0.5) is 0 Å². The molecule has 116 valence electrons. The van der Waals surface area contributed by atoms with Gasteiger partial charge in [0.25, 0.3) is 5.91 Å². The number of aliphatic carboxylic acids is 1. The Kier molecular flexibility index (Phi) is 4.62. The highest BCUT2D eigenvalue weighted by Crippen LogP contribution is 2.36. The largest absolute Gasteiger partial charge is 0.481 e. The second-order valence-corrected chi connectivity index (χ2v) is 5.42. The fraction of sp³-hybridized carbons (Fsp3) is 0.643. The van der Waals surface area contributed by atoms with Crippen LogP contribution >= 0.6 is 0 Å². The maximum Gasteiger partial charge on any atom is 0.311 e. The molecule has 0 saturated carbocycles. The molecule has 1 aromatic heterocycles. The summed E-state index contributed by atoms with van der Waals surface area (Å²) in [6.07, 6.45) is 1.82. The number of carbonyl (C=O) groups is 2. The van der Waals surface area contributed by atoms with E-state index >= 15 is 0 Å². The smallest absolute Gasteiger partial charge is 0.311 e. The van der Waals surface area contributed by atoms with E-state index < -0.39 is 11.4 Å². The first-order chi connectivity index (χ1) is 10.0.